The van der Waals surface area contributed by atoms with Crippen LogP contribution in [0.25, 0.3) is 10.8 Å². The zero-order valence-electron chi connectivity index (χ0n) is 18.8. The van der Waals surface area contributed by atoms with E-state index in [1.165, 1.54) is 4.31 Å². The molecule has 1 N–H and O–H groups in total. The molecule has 2 amide bonds. The van der Waals surface area contributed by atoms with E-state index >= 15 is 0 Å². The van der Waals surface area contributed by atoms with E-state index in [9.17, 15) is 18.0 Å². The van der Waals surface area contributed by atoms with E-state index in [0.717, 1.165) is 29.2 Å². The van der Waals surface area contributed by atoms with Gasteiger partial charge in [0.15, 0.2) is 0 Å². The highest BCUT2D eigenvalue weighted by molar-refractivity contribution is 7.89. The Morgan fingerprint density at radius 3 is 2.32 bits per heavy atom. The molecule has 0 spiro atoms. The number of amides is 2. The second kappa shape index (κ2) is 9.19. The third kappa shape index (κ3) is 4.56. The maximum Gasteiger partial charge on any atom is 0.244 e. The van der Waals surface area contributed by atoms with Gasteiger partial charge in [-0.3, -0.25) is 9.59 Å². The number of nitrogens with one attached hydrogen (secondary N) is 1. The SMILES string of the molecule is O=C(NCc1ccc2ccccc2c1)C1CN(S(=O)(=O)c2ccccc2)CCN1C(=O)C1CC1. The van der Waals surface area contributed by atoms with Crippen molar-refractivity contribution < 1.29 is 18.0 Å². The molecule has 1 aliphatic heterocycles. The van der Waals surface area contributed by atoms with Gasteiger partial charge in [0, 0.05) is 32.1 Å². The molecule has 1 unspecified atom stereocenters. The molecule has 7 nitrogen and oxygen atoms in total. The summed E-state index contributed by atoms with van der Waals surface area (Å²) in [6, 6.07) is 21.3. The normalized spacial score (nSPS) is 19.2. The molecular weight excluding hydrogens is 450 g/mol. The van der Waals surface area contributed by atoms with Gasteiger partial charge in [0.2, 0.25) is 21.8 Å². The number of sulfonamides is 1. The Kier molecular flexibility index (Phi) is 6.10. The van der Waals surface area contributed by atoms with Gasteiger partial charge in [-0.25, -0.2) is 8.42 Å². The molecule has 1 saturated heterocycles. The highest BCUT2D eigenvalue weighted by Crippen LogP contribution is 2.33. The Balaban J connectivity index is 1.34. The molecule has 3 aromatic carbocycles. The first-order valence-electron chi connectivity index (χ1n) is 11.5. The number of carbonyl (C=O) groups excluding carboxylic acids is 2. The van der Waals surface area contributed by atoms with Crippen molar-refractivity contribution in [3.8, 4) is 0 Å². The molecule has 1 aliphatic carbocycles. The lowest BCUT2D eigenvalue weighted by atomic mass is 10.1. The molecule has 0 radical (unpaired) electrons. The predicted octanol–water partition coefficient (Wildman–Crippen LogP) is 2.77. The minimum absolute atomic E-state index is 0.0481. The lowest BCUT2D eigenvalue weighted by Crippen LogP contribution is -2.61. The quantitative estimate of drug-likeness (QED) is 0.592. The number of fused-ring (bicyclic) bond motifs is 1. The van der Waals surface area contributed by atoms with Crippen LogP contribution in [0.15, 0.2) is 77.7 Å². The average Bonchev–Trinajstić information content (AvgIpc) is 3.72. The fourth-order valence-corrected chi connectivity index (χ4v) is 5.89. The first-order chi connectivity index (χ1) is 16.4. The third-order valence-electron chi connectivity index (χ3n) is 6.52. The van der Waals surface area contributed by atoms with Crippen LogP contribution in [0.1, 0.15) is 18.4 Å². The van der Waals surface area contributed by atoms with Crippen molar-refractivity contribution in [1.82, 2.24) is 14.5 Å². The van der Waals surface area contributed by atoms with Gasteiger partial charge in [-0.15, -0.1) is 0 Å². The van der Waals surface area contributed by atoms with E-state index in [1.807, 2.05) is 42.5 Å². The van der Waals surface area contributed by atoms with Crippen LogP contribution < -0.4 is 5.32 Å². The molecule has 0 aromatic heterocycles. The average molecular weight is 478 g/mol. The van der Waals surface area contributed by atoms with Crippen molar-refractivity contribution in [2.45, 2.75) is 30.3 Å². The van der Waals surface area contributed by atoms with E-state index in [0.29, 0.717) is 6.54 Å². The van der Waals surface area contributed by atoms with Crippen LogP contribution >= 0.6 is 0 Å². The summed E-state index contributed by atoms with van der Waals surface area (Å²) in [6.07, 6.45) is 1.65. The first-order valence-corrected chi connectivity index (χ1v) is 13.0. The lowest BCUT2D eigenvalue weighted by Gasteiger charge is -2.40. The highest BCUT2D eigenvalue weighted by Gasteiger charge is 2.43. The second-order valence-electron chi connectivity index (χ2n) is 8.90. The van der Waals surface area contributed by atoms with Crippen molar-refractivity contribution >= 4 is 32.6 Å². The fraction of sp³-hybridized carbons (Fsp3) is 0.308. The van der Waals surface area contributed by atoms with Gasteiger partial charge in [0.25, 0.3) is 0 Å². The number of nitrogens with zero attached hydrogens (tertiary/aromatic N) is 2. The zero-order valence-corrected chi connectivity index (χ0v) is 19.6. The number of carbonyl (C=O) groups is 2. The molecule has 3 aromatic rings. The summed E-state index contributed by atoms with van der Waals surface area (Å²) in [5.74, 6) is -0.439. The van der Waals surface area contributed by atoms with Crippen molar-refractivity contribution in [1.29, 1.82) is 0 Å². The molecular formula is C26H27N3O4S. The van der Waals surface area contributed by atoms with Crippen LogP contribution in [-0.2, 0) is 26.2 Å². The van der Waals surface area contributed by atoms with Crippen molar-refractivity contribution in [3.63, 3.8) is 0 Å². The van der Waals surface area contributed by atoms with E-state index < -0.39 is 16.1 Å². The summed E-state index contributed by atoms with van der Waals surface area (Å²) in [4.78, 5) is 27.9. The molecule has 8 heteroatoms. The van der Waals surface area contributed by atoms with Crippen molar-refractivity contribution in [2.75, 3.05) is 19.6 Å². The summed E-state index contributed by atoms with van der Waals surface area (Å²) in [5, 5.41) is 5.13. The van der Waals surface area contributed by atoms with Crippen LogP contribution in [0.4, 0.5) is 0 Å². The molecule has 1 atom stereocenters. The van der Waals surface area contributed by atoms with E-state index in [-0.39, 0.29) is 42.3 Å². The maximum atomic E-state index is 13.3. The zero-order chi connectivity index (χ0) is 23.7. The maximum absolute atomic E-state index is 13.3. The number of piperazine rings is 1. The van der Waals surface area contributed by atoms with Gasteiger partial charge in [-0.05, 0) is 47.4 Å². The van der Waals surface area contributed by atoms with E-state index in [1.54, 1.807) is 35.2 Å². The monoisotopic (exact) mass is 477 g/mol. The standard InChI is InChI=1S/C26H27N3O4S/c30-25(27-17-19-10-11-20-6-4-5-7-22(20)16-19)24-18-28(14-15-29(24)26(31)21-12-13-21)34(32,33)23-8-2-1-3-9-23/h1-11,16,21,24H,12-15,17-18H2,(H,27,30). The number of benzene rings is 3. The smallest absolute Gasteiger partial charge is 0.244 e. The van der Waals surface area contributed by atoms with Crippen molar-refractivity contribution in [3.05, 3.63) is 78.4 Å². The minimum Gasteiger partial charge on any atom is -0.350 e. The molecule has 1 heterocycles. The van der Waals surface area contributed by atoms with Crippen LogP contribution in [0.2, 0.25) is 0 Å². The third-order valence-corrected chi connectivity index (χ3v) is 8.40. The van der Waals surface area contributed by atoms with Gasteiger partial charge in [-0.1, -0.05) is 54.6 Å². The Morgan fingerprint density at radius 1 is 0.882 bits per heavy atom. The van der Waals surface area contributed by atoms with Gasteiger partial charge in [0.1, 0.15) is 6.04 Å². The Morgan fingerprint density at radius 2 is 1.59 bits per heavy atom. The molecule has 1 saturated carbocycles. The van der Waals surface area contributed by atoms with Crippen LogP contribution in [0.3, 0.4) is 0 Å². The molecule has 0 bridgehead atoms. The predicted molar refractivity (Wildman–Crippen MR) is 129 cm³/mol. The van der Waals surface area contributed by atoms with Crippen LogP contribution in [0.5, 0.6) is 0 Å². The lowest BCUT2D eigenvalue weighted by molar-refractivity contribution is -0.143. The Hall–Kier alpha value is -3.23. The Labute approximate surface area is 199 Å². The fourth-order valence-electron chi connectivity index (χ4n) is 4.43. The molecule has 34 heavy (non-hydrogen) atoms. The van der Waals surface area contributed by atoms with Gasteiger partial charge < -0.3 is 10.2 Å². The Bertz CT molecular complexity index is 1320. The largest absolute Gasteiger partial charge is 0.350 e. The van der Waals surface area contributed by atoms with Crippen molar-refractivity contribution in [2.24, 2.45) is 5.92 Å². The highest BCUT2D eigenvalue weighted by atomic mass is 32.2. The summed E-state index contributed by atoms with van der Waals surface area (Å²) >= 11 is 0. The number of hydrogen-bond donors (Lipinski definition) is 1. The van der Waals surface area contributed by atoms with E-state index in [2.05, 4.69) is 5.32 Å². The van der Waals surface area contributed by atoms with Gasteiger partial charge >= 0.3 is 0 Å². The summed E-state index contributed by atoms with van der Waals surface area (Å²) in [6.45, 7) is 0.621. The minimum atomic E-state index is -3.76. The summed E-state index contributed by atoms with van der Waals surface area (Å²) in [5.41, 5.74) is 0.941. The first kappa shape index (κ1) is 22.6. The van der Waals surface area contributed by atoms with Gasteiger partial charge in [0.05, 0.1) is 4.90 Å². The topological polar surface area (TPSA) is 86.8 Å². The summed E-state index contributed by atoms with van der Waals surface area (Å²) < 4.78 is 27.7. The molecule has 2 fully saturated rings. The molecule has 2 aliphatic rings. The van der Waals surface area contributed by atoms with Crippen LogP contribution in [-0.4, -0.2) is 55.1 Å². The number of hydrogen-bond acceptors (Lipinski definition) is 4. The molecule has 176 valence electrons. The second-order valence-corrected chi connectivity index (χ2v) is 10.8. The number of rotatable bonds is 6. The van der Waals surface area contributed by atoms with Gasteiger partial charge in [-0.2, -0.15) is 4.31 Å². The molecule has 5 rings (SSSR count). The van der Waals surface area contributed by atoms with Crippen LogP contribution in [0, 0.1) is 5.92 Å². The van der Waals surface area contributed by atoms with E-state index in [4.69, 9.17) is 0 Å². The summed E-state index contributed by atoms with van der Waals surface area (Å²) in [7, 11) is -3.76.